The number of nitrogens with one attached hydrogen (secondary N) is 1. The summed E-state index contributed by atoms with van der Waals surface area (Å²) in [5.74, 6) is 0.367. The molecule has 1 amide bonds. The van der Waals surface area contributed by atoms with Crippen LogP contribution in [0.3, 0.4) is 0 Å². The SMILES string of the molecule is COc1cc(C)c(-c2cccc(C(=O)Nc3ccc(-c4cc(C(=O)O)c(C)o4)cc3)c2)c(C)c1. The van der Waals surface area contributed by atoms with Crippen molar-refractivity contribution in [3.63, 3.8) is 0 Å². The van der Waals surface area contributed by atoms with E-state index in [0.717, 1.165) is 33.6 Å². The van der Waals surface area contributed by atoms with Crippen molar-refractivity contribution in [1.82, 2.24) is 0 Å². The topological polar surface area (TPSA) is 88.8 Å². The van der Waals surface area contributed by atoms with Crippen LogP contribution < -0.4 is 10.1 Å². The van der Waals surface area contributed by atoms with Crippen molar-refractivity contribution >= 4 is 17.6 Å². The fourth-order valence-electron chi connectivity index (χ4n) is 4.07. The summed E-state index contributed by atoms with van der Waals surface area (Å²) in [5.41, 5.74) is 6.21. The number of amides is 1. The molecule has 0 fully saturated rings. The molecule has 3 aromatic carbocycles. The van der Waals surface area contributed by atoms with Crippen molar-refractivity contribution in [2.45, 2.75) is 20.8 Å². The van der Waals surface area contributed by atoms with Crippen molar-refractivity contribution in [1.29, 1.82) is 0 Å². The molecule has 0 bridgehead atoms. The van der Waals surface area contributed by atoms with Gasteiger partial charge < -0.3 is 19.6 Å². The highest BCUT2D eigenvalue weighted by Gasteiger charge is 2.15. The monoisotopic (exact) mass is 455 g/mol. The van der Waals surface area contributed by atoms with Gasteiger partial charge >= 0.3 is 5.97 Å². The summed E-state index contributed by atoms with van der Waals surface area (Å²) in [5, 5.41) is 12.1. The first-order chi connectivity index (χ1) is 16.3. The summed E-state index contributed by atoms with van der Waals surface area (Å²) in [6, 6.07) is 20.1. The van der Waals surface area contributed by atoms with Gasteiger partial charge in [0.25, 0.3) is 5.91 Å². The van der Waals surface area contributed by atoms with Crippen molar-refractivity contribution in [3.05, 3.63) is 94.7 Å². The first-order valence-corrected chi connectivity index (χ1v) is 10.8. The van der Waals surface area contributed by atoms with Crippen molar-refractivity contribution < 1.29 is 23.8 Å². The number of carboxylic acids is 1. The molecule has 0 atom stereocenters. The van der Waals surface area contributed by atoms with Crippen LogP contribution in [0.4, 0.5) is 5.69 Å². The number of ether oxygens (including phenoxy) is 1. The number of furan rings is 1. The van der Waals surface area contributed by atoms with E-state index in [-0.39, 0.29) is 11.5 Å². The third kappa shape index (κ3) is 4.57. The number of aryl methyl sites for hydroxylation is 3. The van der Waals surface area contributed by atoms with Gasteiger partial charge in [-0.1, -0.05) is 12.1 Å². The zero-order chi connectivity index (χ0) is 24.4. The molecular weight excluding hydrogens is 430 g/mol. The van der Waals surface area contributed by atoms with Crippen LogP contribution in [-0.2, 0) is 0 Å². The van der Waals surface area contributed by atoms with Gasteiger partial charge in [-0.3, -0.25) is 4.79 Å². The molecule has 172 valence electrons. The van der Waals surface area contributed by atoms with E-state index < -0.39 is 5.97 Å². The maximum atomic E-state index is 12.9. The Labute approximate surface area is 197 Å². The number of carbonyl (C=O) groups is 2. The quantitative estimate of drug-likeness (QED) is 0.346. The van der Waals surface area contributed by atoms with Gasteiger partial charge in [-0.25, -0.2) is 4.79 Å². The Hall–Kier alpha value is -4.32. The molecule has 2 N–H and O–H groups in total. The van der Waals surface area contributed by atoms with E-state index in [0.29, 0.717) is 22.8 Å². The molecule has 34 heavy (non-hydrogen) atoms. The Morgan fingerprint density at radius 2 is 1.56 bits per heavy atom. The number of hydrogen-bond donors (Lipinski definition) is 2. The minimum Gasteiger partial charge on any atom is -0.497 e. The average Bonchev–Trinajstić information content (AvgIpc) is 3.21. The number of rotatable bonds is 6. The molecule has 4 aromatic rings. The Kier molecular flexibility index (Phi) is 6.23. The smallest absolute Gasteiger partial charge is 0.339 e. The highest BCUT2D eigenvalue weighted by atomic mass is 16.5. The summed E-state index contributed by atoms with van der Waals surface area (Å²) in [7, 11) is 1.65. The van der Waals surface area contributed by atoms with Gasteiger partial charge in [-0.2, -0.15) is 0 Å². The van der Waals surface area contributed by atoms with E-state index in [1.807, 2.05) is 44.2 Å². The van der Waals surface area contributed by atoms with E-state index in [1.165, 1.54) is 6.07 Å². The maximum absolute atomic E-state index is 12.9. The first-order valence-electron chi connectivity index (χ1n) is 10.8. The van der Waals surface area contributed by atoms with Crippen LogP contribution in [0.25, 0.3) is 22.5 Å². The van der Waals surface area contributed by atoms with E-state index in [9.17, 15) is 14.7 Å². The van der Waals surface area contributed by atoms with Gasteiger partial charge in [0.05, 0.1) is 7.11 Å². The van der Waals surface area contributed by atoms with E-state index in [2.05, 4.69) is 5.32 Å². The second kappa shape index (κ2) is 9.27. The molecule has 0 aliphatic rings. The highest BCUT2D eigenvalue weighted by molar-refractivity contribution is 6.05. The van der Waals surface area contributed by atoms with Gasteiger partial charge in [-0.15, -0.1) is 0 Å². The lowest BCUT2D eigenvalue weighted by molar-refractivity contribution is 0.0694. The number of benzene rings is 3. The summed E-state index contributed by atoms with van der Waals surface area (Å²) < 4.78 is 10.9. The molecule has 6 nitrogen and oxygen atoms in total. The predicted molar refractivity (Wildman–Crippen MR) is 132 cm³/mol. The molecule has 4 rings (SSSR count). The number of aromatic carboxylic acids is 1. The second-order valence-electron chi connectivity index (χ2n) is 8.13. The third-order valence-corrected chi connectivity index (χ3v) is 5.73. The molecule has 0 saturated heterocycles. The van der Waals surface area contributed by atoms with Gasteiger partial charge in [0.1, 0.15) is 22.8 Å². The summed E-state index contributed by atoms with van der Waals surface area (Å²) in [6.07, 6.45) is 0. The number of anilines is 1. The number of carboxylic acid groups (broad SMARTS) is 1. The maximum Gasteiger partial charge on any atom is 0.339 e. The summed E-state index contributed by atoms with van der Waals surface area (Å²) >= 11 is 0. The van der Waals surface area contributed by atoms with E-state index in [1.54, 1.807) is 44.4 Å². The lowest BCUT2D eigenvalue weighted by atomic mass is 9.94. The average molecular weight is 456 g/mol. The lowest BCUT2D eigenvalue weighted by Crippen LogP contribution is -2.11. The standard InChI is InChI=1S/C28H25NO5/c1-16-12-23(33-4)13-17(2)26(16)20-6-5-7-21(14-20)27(30)29-22-10-8-19(9-11-22)25-15-24(28(31)32)18(3)34-25/h5-15H,1-4H3,(H,29,30)(H,31,32). The van der Waals surface area contributed by atoms with Crippen LogP contribution in [0.5, 0.6) is 5.75 Å². The Morgan fingerprint density at radius 3 is 2.15 bits per heavy atom. The number of hydrogen-bond acceptors (Lipinski definition) is 4. The van der Waals surface area contributed by atoms with Crippen LogP contribution in [-0.4, -0.2) is 24.1 Å². The normalized spacial score (nSPS) is 10.7. The Bertz CT molecular complexity index is 1360. The molecule has 0 radical (unpaired) electrons. The summed E-state index contributed by atoms with van der Waals surface area (Å²) in [6.45, 7) is 5.67. The van der Waals surface area contributed by atoms with Crippen LogP contribution in [0.15, 0.2) is 71.1 Å². The van der Waals surface area contributed by atoms with Crippen molar-refractivity contribution in [2.75, 3.05) is 12.4 Å². The van der Waals surface area contributed by atoms with Crippen LogP contribution in [0.1, 0.15) is 37.6 Å². The second-order valence-corrected chi connectivity index (χ2v) is 8.13. The molecule has 1 aromatic heterocycles. The van der Waals surface area contributed by atoms with Crippen LogP contribution >= 0.6 is 0 Å². The van der Waals surface area contributed by atoms with Gasteiger partial charge in [0.2, 0.25) is 0 Å². The predicted octanol–water partition coefficient (Wildman–Crippen LogP) is 6.50. The van der Waals surface area contributed by atoms with Crippen LogP contribution in [0, 0.1) is 20.8 Å². The van der Waals surface area contributed by atoms with E-state index >= 15 is 0 Å². The van der Waals surface area contributed by atoms with Crippen molar-refractivity contribution in [2.24, 2.45) is 0 Å². The molecule has 0 saturated carbocycles. The Morgan fingerprint density at radius 1 is 0.882 bits per heavy atom. The van der Waals surface area contributed by atoms with Crippen molar-refractivity contribution in [3.8, 4) is 28.2 Å². The molecule has 6 heteroatoms. The third-order valence-electron chi connectivity index (χ3n) is 5.73. The van der Waals surface area contributed by atoms with Gasteiger partial charge in [0.15, 0.2) is 0 Å². The number of methoxy groups -OCH3 is 1. The van der Waals surface area contributed by atoms with Gasteiger partial charge in [0, 0.05) is 16.8 Å². The molecule has 0 aliphatic heterocycles. The zero-order valence-electron chi connectivity index (χ0n) is 19.4. The fourth-order valence-corrected chi connectivity index (χ4v) is 4.07. The molecule has 0 unspecified atom stereocenters. The molecule has 1 heterocycles. The summed E-state index contributed by atoms with van der Waals surface area (Å²) in [4.78, 5) is 24.2. The highest BCUT2D eigenvalue weighted by Crippen LogP contribution is 2.32. The Balaban J connectivity index is 1.54. The first kappa shape index (κ1) is 22.9. The minimum absolute atomic E-state index is 0.134. The molecular formula is C28H25NO5. The largest absolute Gasteiger partial charge is 0.497 e. The minimum atomic E-state index is -1.03. The molecule has 0 spiro atoms. The number of carbonyl (C=O) groups excluding carboxylic acids is 1. The lowest BCUT2D eigenvalue weighted by Gasteiger charge is -2.14. The molecule has 0 aliphatic carbocycles. The van der Waals surface area contributed by atoms with Gasteiger partial charge in [-0.05, 0) is 97.6 Å². The van der Waals surface area contributed by atoms with Crippen LogP contribution in [0.2, 0.25) is 0 Å². The fraction of sp³-hybridized carbons (Fsp3) is 0.143. The van der Waals surface area contributed by atoms with E-state index in [4.69, 9.17) is 9.15 Å². The zero-order valence-corrected chi connectivity index (χ0v) is 19.4.